The molecule has 7 saturated carbocycles. The number of hydrogen-bond donors (Lipinski definition) is 0. The van der Waals surface area contributed by atoms with Crippen LogP contribution < -0.4 is 0 Å². The van der Waals surface area contributed by atoms with Crippen molar-refractivity contribution in [2.45, 2.75) is 387 Å². The molecule has 12 rings (SSSR count). The van der Waals surface area contributed by atoms with E-state index in [0.29, 0.717) is 31.6 Å². The molecule has 5 saturated heterocycles. The average molecular weight is 1460 g/mol. The van der Waals surface area contributed by atoms with Crippen molar-refractivity contribution in [2.24, 2.45) is 79.8 Å². The van der Waals surface area contributed by atoms with E-state index in [1.165, 1.54) is 0 Å². The van der Waals surface area contributed by atoms with Crippen molar-refractivity contribution in [3.8, 4) is 0 Å². The second kappa shape index (κ2) is 35.9. The maximum absolute atomic E-state index is 12.3. The highest BCUT2D eigenvalue weighted by atomic mass is 16.6. The van der Waals surface area contributed by atoms with Crippen molar-refractivity contribution in [2.75, 3.05) is 0 Å². The summed E-state index contributed by atoms with van der Waals surface area (Å²) >= 11 is 0. The SMILES string of the molecule is C.C.C.C.C.C.C.C.C.C.CCC(C)(C)C(=O)OC1(C)CCC2CC1(C)OC2=O.CCC(C)(C)C(=O)OC1C2CC3C(=O)OC1(C)C3C2.CCC(C)(C)C(=O)OC1C2OC(=O)C3CC1(C)CC32.CCC(C)(C)C(=O)OC1CCC2CC1(C)OC2=O.CCC(C)(C)C(=O)OC1CCC2CC1OC2=O. The Balaban J connectivity index is -0.00000117. The van der Waals surface area contributed by atoms with Crippen LogP contribution in [-0.2, 0) is 95.3 Å². The summed E-state index contributed by atoms with van der Waals surface area (Å²) in [6.45, 7) is 38.4. The summed E-state index contributed by atoms with van der Waals surface area (Å²) < 4.78 is 55.6. The fourth-order valence-corrected chi connectivity index (χ4v) is 15.5. The number of rotatable bonds is 15. The van der Waals surface area contributed by atoms with Gasteiger partial charge in [-0.2, -0.15) is 0 Å². The first-order valence-corrected chi connectivity index (χ1v) is 34.6. The lowest BCUT2D eigenvalue weighted by atomic mass is 9.71. The Morgan fingerprint density at radius 2 is 0.892 bits per heavy atom. The number of esters is 10. The molecule has 10 bridgehead atoms. The molecule has 20 heteroatoms. The number of carbonyl (C=O) groups is 10. The largest absolute Gasteiger partial charge is 0.458 e. The molecule has 0 amide bonds. The van der Waals surface area contributed by atoms with E-state index >= 15 is 0 Å². The van der Waals surface area contributed by atoms with E-state index in [0.717, 1.165) is 89.9 Å². The maximum atomic E-state index is 12.3. The molecule has 5 heterocycles. The molecule has 0 aromatic rings. The molecule has 0 aromatic carbocycles. The highest BCUT2D eigenvalue weighted by Crippen LogP contribution is 2.63. The molecule has 7 aliphatic carbocycles. The van der Waals surface area contributed by atoms with E-state index in [1.54, 1.807) is 0 Å². The summed E-state index contributed by atoms with van der Waals surface area (Å²) in [5.41, 5.74) is -5.03. The van der Waals surface area contributed by atoms with Crippen LogP contribution in [0.3, 0.4) is 0 Å². The van der Waals surface area contributed by atoms with Crippen LogP contribution in [0.2, 0.25) is 0 Å². The van der Waals surface area contributed by atoms with Gasteiger partial charge in [-0.25, -0.2) is 0 Å². The fraction of sp³-hybridized carbons (Fsp3) is 0.878. The van der Waals surface area contributed by atoms with Crippen molar-refractivity contribution < 1.29 is 95.3 Å². The lowest BCUT2D eigenvalue weighted by Gasteiger charge is -2.45. The third kappa shape index (κ3) is 19.1. The summed E-state index contributed by atoms with van der Waals surface area (Å²) in [5.74, 6) is -0.606. The Kier molecular flexibility index (Phi) is 35.5. The third-order valence-corrected chi connectivity index (χ3v) is 24.8. The molecule has 20 nitrogen and oxygen atoms in total. The summed E-state index contributed by atoms with van der Waals surface area (Å²) in [5, 5.41) is 0. The standard InChI is InChI=1S/2C15H22O4.C15H24O4.C14H22O4.C13H20O4.10CH4/c1-5-14(2,3)13(17)19-11-10-8-6-15(11,4)7-9(8)12(16)18-10;1-5-14(2,3)13(17)18-11-8-6-9-10(7-8)15(11,4)19-12(9)16;1-6-13(2,3)12(17)19-14(4)8-7-10-9-15(14,5)18-11(10)16;1-5-13(2,3)12(16)17-10-7-6-9-8-14(10,4)18-11(9)15;1-4-13(2,3)12(15)17-9-6-5-8-7-10(9)16-11(8)14;;;;;;;;;;/h2*8-11H,5-7H2,1-4H3;10H,6-9H2,1-5H3;9-10H,5-8H2,1-4H3;8-10H,4-7H2,1-3H3;10*1H4. The van der Waals surface area contributed by atoms with E-state index < -0.39 is 49.5 Å². The predicted molar refractivity (Wildman–Crippen MR) is 401 cm³/mol. The van der Waals surface area contributed by atoms with E-state index in [-0.39, 0.29) is 217 Å². The van der Waals surface area contributed by atoms with Crippen LogP contribution in [0, 0.1) is 79.8 Å². The molecule has 0 radical (unpaired) electrons. The first-order chi connectivity index (χ1) is 42.4. The first kappa shape index (κ1) is 101. The monoisotopic (exact) mass is 1460 g/mol. The minimum absolute atomic E-state index is 0. The van der Waals surface area contributed by atoms with Crippen molar-refractivity contribution >= 4 is 59.7 Å². The average Bonchev–Trinajstić information content (AvgIpc) is 1.55. The molecular formula is C82H150O20. The Labute approximate surface area is 619 Å². The van der Waals surface area contributed by atoms with Gasteiger partial charge in [-0.1, -0.05) is 116 Å². The molecule has 12 fully saturated rings. The number of hydrogen-bond acceptors (Lipinski definition) is 20. The van der Waals surface area contributed by atoms with Crippen molar-refractivity contribution in [3.05, 3.63) is 0 Å². The Hall–Kier alpha value is -5.30. The fourth-order valence-electron chi connectivity index (χ4n) is 15.5. The van der Waals surface area contributed by atoms with E-state index in [4.69, 9.17) is 47.4 Å². The molecule has 12 aliphatic rings. The van der Waals surface area contributed by atoms with E-state index in [2.05, 4.69) is 6.92 Å². The lowest BCUT2D eigenvalue weighted by molar-refractivity contribution is -0.204. The summed E-state index contributed by atoms with van der Waals surface area (Å²) in [6, 6.07) is 0. The van der Waals surface area contributed by atoms with Crippen LogP contribution in [0.5, 0.6) is 0 Å². The minimum Gasteiger partial charge on any atom is -0.458 e. The zero-order chi connectivity index (χ0) is 68.7. The summed E-state index contributed by atoms with van der Waals surface area (Å²) in [4.78, 5) is 119. The zero-order valence-electron chi connectivity index (χ0n) is 59.0. The maximum Gasteiger partial charge on any atom is 0.312 e. The van der Waals surface area contributed by atoms with Gasteiger partial charge in [-0.3, -0.25) is 47.9 Å². The van der Waals surface area contributed by atoms with Crippen LogP contribution in [0.25, 0.3) is 0 Å². The second-order valence-corrected chi connectivity index (χ2v) is 33.4. The number of ether oxygens (including phenoxy) is 10. The van der Waals surface area contributed by atoms with Gasteiger partial charge in [-0.15, -0.1) is 0 Å². The van der Waals surface area contributed by atoms with Gasteiger partial charge in [0.25, 0.3) is 0 Å². The smallest absolute Gasteiger partial charge is 0.312 e. The van der Waals surface area contributed by atoms with Gasteiger partial charge >= 0.3 is 59.7 Å². The molecule has 0 N–H and O–H groups in total. The highest BCUT2D eigenvalue weighted by Gasteiger charge is 2.71. The molecular weight excluding hydrogens is 1300 g/mol. The van der Waals surface area contributed by atoms with Gasteiger partial charge in [0.2, 0.25) is 0 Å². The van der Waals surface area contributed by atoms with Gasteiger partial charge in [0, 0.05) is 42.4 Å². The van der Waals surface area contributed by atoms with Gasteiger partial charge in [0.15, 0.2) is 0 Å². The minimum atomic E-state index is -0.709. The molecule has 0 aromatic heterocycles. The normalized spacial score (nSPS) is 34.8. The van der Waals surface area contributed by atoms with Crippen molar-refractivity contribution in [3.63, 3.8) is 0 Å². The van der Waals surface area contributed by atoms with Crippen molar-refractivity contribution in [1.29, 1.82) is 0 Å². The predicted octanol–water partition coefficient (Wildman–Crippen LogP) is 18.3. The summed E-state index contributed by atoms with van der Waals surface area (Å²) in [6.07, 6.45) is 12.2. The second-order valence-electron chi connectivity index (χ2n) is 33.4. The van der Waals surface area contributed by atoms with E-state index in [1.807, 2.05) is 132 Å². The molecule has 19 atom stereocenters. The number of carbonyl (C=O) groups excluding carboxylic acids is 10. The molecule has 598 valence electrons. The van der Waals surface area contributed by atoms with Gasteiger partial charge in [0.1, 0.15) is 59.0 Å². The molecule has 19 unspecified atom stereocenters. The molecule has 102 heavy (non-hydrogen) atoms. The van der Waals surface area contributed by atoms with Gasteiger partial charge in [0.05, 0.1) is 56.7 Å². The Morgan fingerprint density at radius 1 is 0.431 bits per heavy atom. The van der Waals surface area contributed by atoms with Crippen LogP contribution in [0.15, 0.2) is 0 Å². The van der Waals surface area contributed by atoms with Crippen LogP contribution in [-0.4, -0.2) is 119 Å². The van der Waals surface area contributed by atoms with Crippen LogP contribution in [0.1, 0.15) is 328 Å². The molecule has 5 aliphatic heterocycles. The zero-order valence-corrected chi connectivity index (χ0v) is 59.0. The quantitative estimate of drug-likeness (QED) is 0.109. The third-order valence-electron chi connectivity index (χ3n) is 24.8. The topological polar surface area (TPSA) is 263 Å². The van der Waals surface area contributed by atoms with Crippen LogP contribution in [0.4, 0.5) is 0 Å². The Morgan fingerprint density at radius 3 is 1.41 bits per heavy atom. The first-order valence-electron chi connectivity index (χ1n) is 34.6. The summed E-state index contributed by atoms with van der Waals surface area (Å²) in [7, 11) is 0. The number of fused-ring (bicyclic) bond motifs is 8. The lowest BCUT2D eigenvalue weighted by Crippen LogP contribution is -2.55. The van der Waals surface area contributed by atoms with Gasteiger partial charge in [-0.05, 0) is 193 Å². The Bertz CT molecular complexity index is 2860. The van der Waals surface area contributed by atoms with Crippen molar-refractivity contribution in [1.82, 2.24) is 0 Å². The van der Waals surface area contributed by atoms with Gasteiger partial charge < -0.3 is 47.4 Å². The van der Waals surface area contributed by atoms with Crippen LogP contribution >= 0.6 is 0 Å². The highest BCUT2D eigenvalue weighted by molar-refractivity contribution is 5.82. The molecule has 0 spiro atoms. The van der Waals surface area contributed by atoms with E-state index in [9.17, 15) is 47.9 Å².